The van der Waals surface area contributed by atoms with E-state index in [2.05, 4.69) is 10.3 Å². The Labute approximate surface area is 122 Å². The molecular weight excluding hydrogens is 276 g/mol. The monoisotopic (exact) mass is 292 g/mol. The zero-order valence-corrected chi connectivity index (χ0v) is 12.2. The van der Waals surface area contributed by atoms with Crippen LogP contribution in [-0.2, 0) is 4.79 Å². The summed E-state index contributed by atoms with van der Waals surface area (Å²) >= 11 is 5.94. The number of nitrogens with one attached hydrogen (secondary N) is 1. The number of hydrogen-bond acceptors (Lipinski definition) is 3. The topological polar surface area (TPSA) is 62.2 Å². The summed E-state index contributed by atoms with van der Waals surface area (Å²) in [6, 6.07) is 6.56. The Hall–Kier alpha value is -1.81. The summed E-state index contributed by atoms with van der Waals surface area (Å²) < 4.78 is 0. The zero-order valence-electron chi connectivity index (χ0n) is 11.4. The number of carboxylic acids is 1. The van der Waals surface area contributed by atoms with Gasteiger partial charge in [0.15, 0.2) is 0 Å². The van der Waals surface area contributed by atoms with Crippen LogP contribution in [-0.4, -0.2) is 22.1 Å². The highest BCUT2D eigenvalue weighted by Gasteiger charge is 2.19. The molecule has 0 aliphatic heterocycles. The molecule has 2 aromatic rings. The lowest BCUT2D eigenvalue weighted by molar-refractivity contribution is -0.138. The minimum absolute atomic E-state index is 0.297. The molecular formula is C15H17ClN2O2. The van der Waals surface area contributed by atoms with Crippen molar-refractivity contribution in [2.45, 2.75) is 26.3 Å². The Morgan fingerprint density at radius 3 is 2.80 bits per heavy atom. The SMILES string of the molecule is CC(C)CC(Nc1ccnc2cc(Cl)ccc12)C(=O)O. The number of pyridine rings is 1. The van der Waals surface area contributed by atoms with Crippen LogP contribution in [0.15, 0.2) is 30.5 Å². The highest BCUT2D eigenvalue weighted by molar-refractivity contribution is 6.31. The third-order valence-corrected chi connectivity index (χ3v) is 3.27. The first-order valence-electron chi connectivity index (χ1n) is 6.51. The van der Waals surface area contributed by atoms with Crippen molar-refractivity contribution in [1.82, 2.24) is 4.98 Å². The standard InChI is InChI=1S/C15H17ClN2O2/c1-9(2)7-14(15(19)20)18-12-5-6-17-13-8-10(16)3-4-11(12)13/h3-6,8-9,14H,7H2,1-2H3,(H,17,18)(H,19,20). The van der Waals surface area contributed by atoms with Crippen LogP contribution in [0, 0.1) is 5.92 Å². The predicted octanol–water partition coefficient (Wildman–Crippen LogP) is 3.80. The van der Waals surface area contributed by atoms with Crippen LogP contribution in [0.3, 0.4) is 0 Å². The maximum Gasteiger partial charge on any atom is 0.326 e. The van der Waals surface area contributed by atoms with Crippen LogP contribution >= 0.6 is 11.6 Å². The molecule has 20 heavy (non-hydrogen) atoms. The van der Waals surface area contributed by atoms with E-state index in [4.69, 9.17) is 11.6 Å². The second-order valence-corrected chi connectivity index (χ2v) is 5.62. The lowest BCUT2D eigenvalue weighted by atomic mass is 10.0. The number of anilines is 1. The molecule has 1 aromatic heterocycles. The zero-order chi connectivity index (χ0) is 14.7. The fourth-order valence-corrected chi connectivity index (χ4v) is 2.29. The molecule has 0 saturated carbocycles. The molecule has 0 fully saturated rings. The van der Waals surface area contributed by atoms with Crippen LogP contribution in [0.25, 0.3) is 10.9 Å². The van der Waals surface area contributed by atoms with E-state index in [-0.39, 0.29) is 0 Å². The molecule has 0 spiro atoms. The van der Waals surface area contributed by atoms with Gasteiger partial charge in [-0.3, -0.25) is 4.98 Å². The number of fused-ring (bicyclic) bond motifs is 1. The maximum absolute atomic E-state index is 11.3. The van der Waals surface area contributed by atoms with E-state index in [0.29, 0.717) is 17.4 Å². The Morgan fingerprint density at radius 2 is 2.15 bits per heavy atom. The van der Waals surface area contributed by atoms with Crippen molar-refractivity contribution in [1.29, 1.82) is 0 Å². The third-order valence-electron chi connectivity index (χ3n) is 3.04. The van der Waals surface area contributed by atoms with Gasteiger partial charge in [0.05, 0.1) is 5.52 Å². The number of carbonyl (C=O) groups is 1. The molecule has 0 bridgehead atoms. The van der Waals surface area contributed by atoms with Crippen molar-refractivity contribution in [3.8, 4) is 0 Å². The van der Waals surface area contributed by atoms with Gasteiger partial charge in [0.1, 0.15) is 6.04 Å². The van der Waals surface area contributed by atoms with Gasteiger partial charge in [-0.05, 0) is 36.6 Å². The molecule has 1 heterocycles. The van der Waals surface area contributed by atoms with Gasteiger partial charge < -0.3 is 10.4 Å². The van der Waals surface area contributed by atoms with Gasteiger partial charge >= 0.3 is 5.97 Å². The largest absolute Gasteiger partial charge is 0.480 e. The maximum atomic E-state index is 11.3. The molecule has 0 aliphatic carbocycles. The fourth-order valence-electron chi connectivity index (χ4n) is 2.13. The molecule has 2 rings (SSSR count). The van der Waals surface area contributed by atoms with E-state index in [9.17, 15) is 9.90 Å². The van der Waals surface area contributed by atoms with Crippen LogP contribution in [0.4, 0.5) is 5.69 Å². The summed E-state index contributed by atoms with van der Waals surface area (Å²) in [6.07, 6.45) is 2.21. The minimum atomic E-state index is -0.849. The molecule has 4 nitrogen and oxygen atoms in total. The number of rotatable bonds is 5. The van der Waals surface area contributed by atoms with E-state index < -0.39 is 12.0 Å². The molecule has 106 valence electrons. The second-order valence-electron chi connectivity index (χ2n) is 5.18. The van der Waals surface area contributed by atoms with Crippen molar-refractivity contribution >= 4 is 34.2 Å². The van der Waals surface area contributed by atoms with Crippen molar-refractivity contribution < 1.29 is 9.90 Å². The highest BCUT2D eigenvalue weighted by atomic mass is 35.5. The normalized spacial score (nSPS) is 12.6. The number of halogens is 1. The van der Waals surface area contributed by atoms with Crippen LogP contribution in [0.1, 0.15) is 20.3 Å². The molecule has 2 N–H and O–H groups in total. The van der Waals surface area contributed by atoms with E-state index in [1.165, 1.54) is 0 Å². The average Bonchev–Trinajstić information content (AvgIpc) is 2.37. The van der Waals surface area contributed by atoms with Crippen LogP contribution in [0.5, 0.6) is 0 Å². The van der Waals surface area contributed by atoms with Gasteiger partial charge in [-0.1, -0.05) is 25.4 Å². The van der Waals surface area contributed by atoms with E-state index >= 15 is 0 Å². The number of aromatic nitrogens is 1. The molecule has 5 heteroatoms. The lowest BCUT2D eigenvalue weighted by Gasteiger charge is -2.18. The number of benzene rings is 1. The van der Waals surface area contributed by atoms with Crippen LogP contribution in [0.2, 0.25) is 5.02 Å². The minimum Gasteiger partial charge on any atom is -0.480 e. The summed E-state index contributed by atoms with van der Waals surface area (Å²) in [5.41, 5.74) is 1.51. The Bertz CT molecular complexity index is 628. The quantitative estimate of drug-likeness (QED) is 0.880. The Kier molecular flexibility index (Phi) is 4.45. The molecule has 0 amide bonds. The molecule has 0 saturated heterocycles. The fraction of sp³-hybridized carbons (Fsp3) is 0.333. The first-order chi connectivity index (χ1) is 9.47. The Balaban J connectivity index is 2.34. The molecule has 1 aromatic carbocycles. The molecule has 1 unspecified atom stereocenters. The predicted molar refractivity (Wildman–Crippen MR) is 81.3 cm³/mol. The van der Waals surface area contributed by atoms with E-state index in [1.807, 2.05) is 19.9 Å². The van der Waals surface area contributed by atoms with Gasteiger partial charge in [-0.15, -0.1) is 0 Å². The molecule has 1 atom stereocenters. The summed E-state index contributed by atoms with van der Waals surface area (Å²) in [6.45, 7) is 4.00. The first kappa shape index (κ1) is 14.6. The van der Waals surface area contributed by atoms with Gasteiger partial charge in [-0.2, -0.15) is 0 Å². The number of carboxylic acid groups (broad SMARTS) is 1. The van der Waals surface area contributed by atoms with E-state index in [0.717, 1.165) is 16.6 Å². The van der Waals surface area contributed by atoms with Crippen LogP contribution < -0.4 is 5.32 Å². The van der Waals surface area contributed by atoms with E-state index in [1.54, 1.807) is 24.4 Å². The first-order valence-corrected chi connectivity index (χ1v) is 6.89. The average molecular weight is 293 g/mol. The summed E-state index contributed by atoms with van der Waals surface area (Å²) in [4.78, 5) is 15.6. The Morgan fingerprint density at radius 1 is 1.40 bits per heavy atom. The summed E-state index contributed by atoms with van der Waals surface area (Å²) in [7, 11) is 0. The number of hydrogen-bond donors (Lipinski definition) is 2. The number of aliphatic carboxylic acids is 1. The third kappa shape index (κ3) is 3.39. The lowest BCUT2D eigenvalue weighted by Crippen LogP contribution is -2.30. The number of nitrogens with zero attached hydrogens (tertiary/aromatic N) is 1. The van der Waals surface area contributed by atoms with Gasteiger partial charge in [0, 0.05) is 22.3 Å². The van der Waals surface area contributed by atoms with Gasteiger partial charge in [-0.25, -0.2) is 4.79 Å². The summed E-state index contributed by atoms with van der Waals surface area (Å²) in [5, 5.41) is 13.9. The summed E-state index contributed by atoms with van der Waals surface area (Å²) in [5.74, 6) is -0.552. The van der Waals surface area contributed by atoms with Crippen molar-refractivity contribution in [2.24, 2.45) is 5.92 Å². The van der Waals surface area contributed by atoms with Gasteiger partial charge in [0.2, 0.25) is 0 Å². The molecule has 0 radical (unpaired) electrons. The van der Waals surface area contributed by atoms with Crippen molar-refractivity contribution in [2.75, 3.05) is 5.32 Å². The second kappa shape index (κ2) is 6.09. The molecule has 0 aliphatic rings. The highest BCUT2D eigenvalue weighted by Crippen LogP contribution is 2.25. The van der Waals surface area contributed by atoms with Gasteiger partial charge in [0.25, 0.3) is 0 Å². The van der Waals surface area contributed by atoms with Crippen molar-refractivity contribution in [3.05, 3.63) is 35.5 Å². The smallest absolute Gasteiger partial charge is 0.326 e. The van der Waals surface area contributed by atoms with Crippen molar-refractivity contribution in [3.63, 3.8) is 0 Å².